The lowest BCUT2D eigenvalue weighted by molar-refractivity contribution is -0.128. The van der Waals surface area contributed by atoms with E-state index in [2.05, 4.69) is 40.0 Å². The third-order valence-electron chi connectivity index (χ3n) is 8.50. The Morgan fingerprint density at radius 3 is 2.90 bits per heavy atom. The monoisotopic (exact) mass is 533 g/mol. The molecule has 2 atom stereocenters. The maximum atomic E-state index is 14.0. The van der Waals surface area contributed by atoms with Crippen LogP contribution in [0, 0.1) is 18.3 Å². The largest absolute Gasteiger partial charge is 0.351 e. The lowest BCUT2D eigenvalue weighted by atomic mass is 9.65. The number of benzene rings is 1. The topological polar surface area (TPSA) is 115 Å². The first-order chi connectivity index (χ1) is 19.4. The van der Waals surface area contributed by atoms with Crippen molar-refractivity contribution in [1.29, 1.82) is 5.26 Å². The van der Waals surface area contributed by atoms with E-state index < -0.39 is 5.41 Å². The van der Waals surface area contributed by atoms with Crippen molar-refractivity contribution >= 4 is 23.3 Å². The molecule has 9 nitrogen and oxygen atoms in total. The lowest BCUT2D eigenvalue weighted by Gasteiger charge is -2.44. The molecule has 0 bridgehead atoms. The van der Waals surface area contributed by atoms with Crippen LogP contribution in [-0.2, 0) is 27.8 Å². The van der Waals surface area contributed by atoms with Gasteiger partial charge in [-0.1, -0.05) is 30.8 Å². The summed E-state index contributed by atoms with van der Waals surface area (Å²) in [5, 5.41) is 12.7. The Bertz CT molecular complexity index is 1560. The molecule has 0 saturated carbocycles. The number of rotatable bonds is 4. The van der Waals surface area contributed by atoms with E-state index in [1.54, 1.807) is 11.1 Å². The first kappa shape index (κ1) is 25.7. The van der Waals surface area contributed by atoms with E-state index >= 15 is 0 Å². The number of nitrogens with one attached hydrogen (secondary N) is 1. The van der Waals surface area contributed by atoms with Gasteiger partial charge >= 0.3 is 0 Å². The number of anilines is 2. The number of carbonyl (C=O) groups is 2. The van der Waals surface area contributed by atoms with Crippen LogP contribution in [0.4, 0.5) is 11.5 Å². The Kier molecular flexibility index (Phi) is 6.54. The van der Waals surface area contributed by atoms with Gasteiger partial charge in [0.15, 0.2) is 11.6 Å². The van der Waals surface area contributed by atoms with E-state index in [-0.39, 0.29) is 24.3 Å². The molecule has 1 aliphatic carbocycles. The number of piperazine rings is 1. The Morgan fingerprint density at radius 1 is 1.25 bits per heavy atom. The van der Waals surface area contributed by atoms with Crippen molar-refractivity contribution in [2.45, 2.75) is 50.5 Å². The molecule has 2 aromatic heterocycles. The molecule has 1 spiro atoms. The second kappa shape index (κ2) is 10.2. The minimum atomic E-state index is -0.687. The number of aryl methyl sites for hydroxylation is 2. The fourth-order valence-corrected chi connectivity index (χ4v) is 6.49. The number of fused-ring (bicyclic) bond motifs is 3. The molecule has 1 aromatic carbocycles. The maximum Gasteiger partial charge on any atom is 0.246 e. The summed E-state index contributed by atoms with van der Waals surface area (Å²) in [5.41, 5.74) is 4.66. The standard InChI is InChI=1S/C31H31N7O2/c1-3-26(39)38-17-16-37(19-22(38)12-14-32)29-27-25(34-28(36-29)23-10-7-15-33-20(23)2)18-31(30(40)35-27)13-6-9-21-8-4-5-11-24(21)31/h3-5,7-8,10-11,15,22H,1,6,9,12-13,16-19H2,2H3,(H,35,40). The number of pyridine rings is 1. The van der Waals surface area contributed by atoms with Crippen LogP contribution in [0.15, 0.2) is 55.3 Å². The van der Waals surface area contributed by atoms with Crippen molar-refractivity contribution < 1.29 is 9.59 Å². The predicted molar refractivity (Wildman–Crippen MR) is 152 cm³/mol. The molecule has 2 unspecified atom stereocenters. The van der Waals surface area contributed by atoms with Gasteiger partial charge in [0.2, 0.25) is 11.8 Å². The second-order valence-corrected chi connectivity index (χ2v) is 10.8. The molecule has 3 aliphatic rings. The van der Waals surface area contributed by atoms with Gasteiger partial charge in [-0.25, -0.2) is 9.97 Å². The van der Waals surface area contributed by atoms with Gasteiger partial charge in [0.1, 0.15) is 5.69 Å². The van der Waals surface area contributed by atoms with Crippen LogP contribution in [-0.4, -0.2) is 57.3 Å². The van der Waals surface area contributed by atoms with Crippen molar-refractivity contribution in [2.24, 2.45) is 0 Å². The van der Waals surface area contributed by atoms with E-state index in [0.717, 1.165) is 41.8 Å². The number of nitriles is 1. The Morgan fingerprint density at radius 2 is 2.10 bits per heavy atom. The van der Waals surface area contributed by atoms with E-state index in [1.165, 1.54) is 11.6 Å². The summed E-state index contributed by atoms with van der Waals surface area (Å²) in [7, 11) is 0. The van der Waals surface area contributed by atoms with Crippen LogP contribution in [0.25, 0.3) is 11.4 Å². The van der Waals surface area contributed by atoms with Crippen molar-refractivity contribution in [3.63, 3.8) is 0 Å². The van der Waals surface area contributed by atoms with Gasteiger partial charge in [0.25, 0.3) is 0 Å². The van der Waals surface area contributed by atoms with Crippen molar-refractivity contribution in [3.05, 3.63) is 77.8 Å². The van der Waals surface area contributed by atoms with Crippen LogP contribution >= 0.6 is 0 Å². The molecule has 1 saturated heterocycles. The molecule has 1 N–H and O–H groups in total. The highest BCUT2D eigenvalue weighted by atomic mass is 16.2. The summed E-state index contributed by atoms with van der Waals surface area (Å²) in [6.07, 6.45) is 6.34. The summed E-state index contributed by atoms with van der Waals surface area (Å²) < 4.78 is 0. The number of hydrogen-bond donors (Lipinski definition) is 1. The molecule has 3 aromatic rings. The van der Waals surface area contributed by atoms with Gasteiger partial charge in [0.05, 0.1) is 29.6 Å². The molecule has 202 valence electrons. The average molecular weight is 534 g/mol. The van der Waals surface area contributed by atoms with Gasteiger partial charge in [-0.3, -0.25) is 14.6 Å². The molecule has 0 radical (unpaired) electrons. The zero-order valence-electron chi connectivity index (χ0n) is 22.6. The Labute approximate surface area is 233 Å². The summed E-state index contributed by atoms with van der Waals surface area (Å²) in [6.45, 7) is 6.88. The summed E-state index contributed by atoms with van der Waals surface area (Å²) in [6, 6.07) is 14.0. The molecule has 4 heterocycles. The van der Waals surface area contributed by atoms with E-state index in [1.807, 2.05) is 31.2 Å². The summed E-state index contributed by atoms with van der Waals surface area (Å²) in [5.74, 6) is 0.944. The number of aromatic nitrogens is 3. The number of amides is 2. The molecule has 2 amide bonds. The summed E-state index contributed by atoms with van der Waals surface area (Å²) >= 11 is 0. The third kappa shape index (κ3) is 4.20. The van der Waals surface area contributed by atoms with Crippen LogP contribution < -0.4 is 10.2 Å². The average Bonchev–Trinajstić information content (AvgIpc) is 2.97. The van der Waals surface area contributed by atoms with Gasteiger partial charge in [0, 0.05) is 43.5 Å². The SMILES string of the molecule is C=CC(=O)N1CCN(c2nc(-c3cccnc3C)nc3c2NC(=O)C2(CCCc4ccccc42)C3)CC1CC#N. The second-order valence-electron chi connectivity index (χ2n) is 10.8. The normalized spacial score (nSPS) is 21.7. The molecule has 1 fully saturated rings. The number of nitrogens with zero attached hydrogens (tertiary/aromatic N) is 6. The van der Waals surface area contributed by atoms with Crippen LogP contribution in [0.3, 0.4) is 0 Å². The van der Waals surface area contributed by atoms with Gasteiger partial charge in [-0.2, -0.15) is 5.26 Å². The van der Waals surface area contributed by atoms with Crippen molar-refractivity contribution in [2.75, 3.05) is 29.9 Å². The summed E-state index contributed by atoms with van der Waals surface area (Å²) in [4.78, 5) is 44.8. The number of hydrogen-bond acceptors (Lipinski definition) is 7. The quantitative estimate of drug-likeness (QED) is 0.508. The highest BCUT2D eigenvalue weighted by Gasteiger charge is 2.48. The third-order valence-corrected chi connectivity index (χ3v) is 8.50. The van der Waals surface area contributed by atoms with Gasteiger partial charge in [-0.15, -0.1) is 0 Å². The molecular weight excluding hydrogens is 502 g/mol. The zero-order chi connectivity index (χ0) is 27.9. The minimum Gasteiger partial charge on any atom is -0.351 e. The van der Waals surface area contributed by atoms with Crippen molar-refractivity contribution in [3.8, 4) is 17.5 Å². The fourth-order valence-electron chi connectivity index (χ4n) is 6.49. The van der Waals surface area contributed by atoms with Crippen LogP contribution in [0.5, 0.6) is 0 Å². The number of carbonyl (C=O) groups excluding carboxylic acids is 2. The van der Waals surface area contributed by atoms with Gasteiger partial charge in [-0.05, 0) is 55.5 Å². The van der Waals surface area contributed by atoms with Crippen molar-refractivity contribution in [1.82, 2.24) is 19.9 Å². The van der Waals surface area contributed by atoms with E-state index in [9.17, 15) is 14.9 Å². The highest BCUT2D eigenvalue weighted by molar-refractivity contribution is 6.04. The van der Waals surface area contributed by atoms with Gasteiger partial charge < -0.3 is 15.1 Å². The van der Waals surface area contributed by atoms with E-state index in [0.29, 0.717) is 43.4 Å². The molecule has 40 heavy (non-hydrogen) atoms. The molecular formula is C31H31N7O2. The van der Waals surface area contributed by atoms with Crippen LogP contribution in [0.2, 0.25) is 0 Å². The van der Waals surface area contributed by atoms with E-state index in [4.69, 9.17) is 9.97 Å². The first-order valence-corrected chi connectivity index (χ1v) is 13.7. The zero-order valence-corrected chi connectivity index (χ0v) is 22.6. The Hall–Kier alpha value is -4.58. The van der Waals surface area contributed by atoms with Crippen LogP contribution in [0.1, 0.15) is 41.8 Å². The lowest BCUT2D eigenvalue weighted by Crippen LogP contribution is -2.55. The smallest absolute Gasteiger partial charge is 0.246 e. The minimum absolute atomic E-state index is 0.0312. The molecule has 9 heteroatoms. The maximum absolute atomic E-state index is 14.0. The highest BCUT2D eigenvalue weighted by Crippen LogP contribution is 2.46. The molecule has 2 aliphatic heterocycles. The Balaban J connectivity index is 1.47. The first-order valence-electron chi connectivity index (χ1n) is 13.7. The predicted octanol–water partition coefficient (Wildman–Crippen LogP) is 3.73. The molecule has 6 rings (SSSR count). The fraction of sp³-hybridized carbons (Fsp3) is 0.355.